The van der Waals surface area contributed by atoms with Gasteiger partial charge >= 0.3 is 0 Å². The van der Waals surface area contributed by atoms with Gasteiger partial charge < -0.3 is 15.0 Å². The Hall–Kier alpha value is -3.76. The summed E-state index contributed by atoms with van der Waals surface area (Å²) in [5.74, 6) is -0.764. The maximum atomic E-state index is 14.7. The molecule has 8 nitrogen and oxygen atoms in total. The number of methoxy groups -OCH3 is 1. The highest BCUT2D eigenvalue weighted by Gasteiger charge is 2.36. The molecule has 0 bridgehead atoms. The lowest BCUT2D eigenvalue weighted by Gasteiger charge is -2.34. The van der Waals surface area contributed by atoms with Crippen LogP contribution in [-0.2, 0) is 32.6 Å². The molecule has 4 rings (SSSR count). The third-order valence-electron chi connectivity index (χ3n) is 7.64. The van der Waals surface area contributed by atoms with Crippen LogP contribution in [0.4, 0.5) is 5.69 Å². The van der Waals surface area contributed by atoms with Crippen LogP contribution >= 0.6 is 34.8 Å². The van der Waals surface area contributed by atoms with Crippen molar-refractivity contribution >= 4 is 62.3 Å². The van der Waals surface area contributed by atoms with Crippen LogP contribution in [0.15, 0.2) is 95.9 Å². The van der Waals surface area contributed by atoms with E-state index in [4.69, 9.17) is 39.5 Å². The number of rotatable bonds is 14. The van der Waals surface area contributed by atoms with Crippen molar-refractivity contribution in [1.29, 1.82) is 0 Å². The second-order valence-corrected chi connectivity index (χ2v) is 14.8. The fourth-order valence-electron chi connectivity index (χ4n) is 5.04. The Morgan fingerprint density at radius 3 is 2.12 bits per heavy atom. The molecule has 0 saturated carbocycles. The topological polar surface area (TPSA) is 96.0 Å². The van der Waals surface area contributed by atoms with Gasteiger partial charge in [-0.1, -0.05) is 103 Å². The zero-order valence-electron chi connectivity index (χ0n) is 27.1. The van der Waals surface area contributed by atoms with Crippen LogP contribution in [0.5, 0.6) is 5.75 Å². The summed E-state index contributed by atoms with van der Waals surface area (Å²) in [5, 5.41) is 3.78. The zero-order chi connectivity index (χ0) is 35.0. The number of hydrogen-bond donors (Lipinski definition) is 1. The van der Waals surface area contributed by atoms with Gasteiger partial charge in [0.25, 0.3) is 10.0 Å². The van der Waals surface area contributed by atoms with Crippen LogP contribution < -0.4 is 14.4 Å². The Labute approximate surface area is 297 Å². The highest BCUT2D eigenvalue weighted by Crippen LogP contribution is 2.35. The van der Waals surface area contributed by atoms with Gasteiger partial charge in [-0.25, -0.2) is 8.42 Å². The molecule has 2 amide bonds. The summed E-state index contributed by atoms with van der Waals surface area (Å²) >= 11 is 19.5. The molecule has 48 heavy (non-hydrogen) atoms. The summed E-state index contributed by atoms with van der Waals surface area (Å²) in [7, 11) is -2.98. The summed E-state index contributed by atoms with van der Waals surface area (Å²) < 4.78 is 35.2. The Morgan fingerprint density at radius 1 is 0.875 bits per heavy atom. The van der Waals surface area contributed by atoms with Crippen molar-refractivity contribution < 1.29 is 22.7 Å². The van der Waals surface area contributed by atoms with Gasteiger partial charge in [-0.15, -0.1) is 0 Å². The van der Waals surface area contributed by atoms with Crippen molar-refractivity contribution in [2.75, 3.05) is 24.5 Å². The first-order chi connectivity index (χ1) is 22.8. The third-order valence-corrected chi connectivity index (χ3v) is 10.4. The lowest BCUT2D eigenvalue weighted by atomic mass is 10.0. The van der Waals surface area contributed by atoms with E-state index in [1.54, 1.807) is 36.4 Å². The molecule has 0 aromatic heterocycles. The monoisotopic (exact) mass is 729 g/mol. The van der Waals surface area contributed by atoms with Crippen LogP contribution in [0.1, 0.15) is 30.5 Å². The number of anilines is 1. The van der Waals surface area contributed by atoms with Crippen molar-refractivity contribution in [3.05, 3.63) is 123 Å². The van der Waals surface area contributed by atoms with E-state index in [0.29, 0.717) is 22.2 Å². The highest BCUT2D eigenvalue weighted by molar-refractivity contribution is 7.92. The first kappa shape index (κ1) is 37.1. The molecule has 0 aliphatic rings. The molecule has 12 heteroatoms. The molecule has 1 N–H and O–H groups in total. The average molecular weight is 731 g/mol. The van der Waals surface area contributed by atoms with E-state index in [-0.39, 0.29) is 40.2 Å². The van der Waals surface area contributed by atoms with Crippen LogP contribution in [0.2, 0.25) is 15.1 Å². The summed E-state index contributed by atoms with van der Waals surface area (Å²) in [4.78, 5) is 30.0. The minimum absolute atomic E-state index is 0.0425. The second-order valence-electron chi connectivity index (χ2n) is 11.7. The molecule has 0 heterocycles. The molecule has 0 aliphatic carbocycles. The minimum Gasteiger partial charge on any atom is -0.495 e. The molecule has 1 unspecified atom stereocenters. The number of nitrogens with zero attached hydrogens (tertiary/aromatic N) is 2. The smallest absolute Gasteiger partial charge is 0.264 e. The van der Waals surface area contributed by atoms with E-state index in [1.807, 2.05) is 51.1 Å². The Bertz CT molecular complexity index is 1820. The number of nitrogens with one attached hydrogen (secondary N) is 1. The van der Waals surface area contributed by atoms with Crippen LogP contribution in [0, 0.1) is 12.8 Å². The van der Waals surface area contributed by atoms with Crippen molar-refractivity contribution in [2.24, 2.45) is 5.92 Å². The molecule has 1 atom stereocenters. The van der Waals surface area contributed by atoms with E-state index >= 15 is 0 Å². The Balaban J connectivity index is 1.88. The highest BCUT2D eigenvalue weighted by atomic mass is 35.5. The molecule has 0 aliphatic heterocycles. The first-order valence-electron chi connectivity index (χ1n) is 15.3. The standard InChI is InChI=1S/C36H38Cl3N3O5S/c1-24(2)21-40-36(44)33(19-26-9-6-5-7-10-26)41(22-29-30(38)11-8-12-31(29)39)35(43)23-42(32-20-27(37)15-18-34(32)47-4)48(45,46)28-16-13-25(3)14-17-28/h5-18,20,24,33H,19,21-23H2,1-4H3,(H,40,44). The van der Waals surface area contributed by atoms with E-state index in [0.717, 1.165) is 15.4 Å². The van der Waals surface area contributed by atoms with Gasteiger partial charge in [-0.05, 0) is 60.9 Å². The number of aryl methyl sites for hydroxylation is 1. The van der Waals surface area contributed by atoms with Crippen molar-refractivity contribution in [3.63, 3.8) is 0 Å². The van der Waals surface area contributed by atoms with Crippen molar-refractivity contribution in [2.45, 2.75) is 44.7 Å². The number of carbonyl (C=O) groups excluding carboxylic acids is 2. The van der Waals surface area contributed by atoms with Gasteiger partial charge in [0.05, 0.1) is 17.7 Å². The van der Waals surface area contributed by atoms with Gasteiger partial charge in [0.15, 0.2) is 0 Å². The molecule has 0 saturated heterocycles. The predicted molar refractivity (Wildman–Crippen MR) is 193 cm³/mol. The van der Waals surface area contributed by atoms with Crippen LogP contribution in [0.3, 0.4) is 0 Å². The number of carbonyl (C=O) groups is 2. The van der Waals surface area contributed by atoms with Gasteiger partial charge in [-0.2, -0.15) is 0 Å². The summed E-state index contributed by atoms with van der Waals surface area (Å²) in [6.45, 7) is 5.27. The largest absolute Gasteiger partial charge is 0.495 e. The number of amides is 2. The molecule has 0 fully saturated rings. The maximum absolute atomic E-state index is 14.7. The molecule has 4 aromatic rings. The third kappa shape index (κ3) is 9.23. The van der Waals surface area contributed by atoms with Gasteiger partial charge in [-0.3, -0.25) is 13.9 Å². The fourth-order valence-corrected chi connectivity index (χ4v) is 7.14. The lowest BCUT2D eigenvalue weighted by molar-refractivity contribution is -0.140. The van der Waals surface area contributed by atoms with Gasteiger partial charge in [0.2, 0.25) is 11.8 Å². The number of halogens is 3. The van der Waals surface area contributed by atoms with Crippen LogP contribution in [-0.4, -0.2) is 51.4 Å². The molecule has 254 valence electrons. The molecular formula is C36H38Cl3N3O5S. The van der Waals surface area contributed by atoms with E-state index in [2.05, 4.69) is 5.32 Å². The summed E-state index contributed by atoms with van der Waals surface area (Å²) in [6.07, 6.45) is 0.143. The van der Waals surface area contributed by atoms with Crippen LogP contribution in [0.25, 0.3) is 0 Å². The average Bonchev–Trinajstić information content (AvgIpc) is 3.05. The van der Waals surface area contributed by atoms with Gasteiger partial charge in [0.1, 0.15) is 18.3 Å². The molecule has 4 aromatic carbocycles. The Morgan fingerprint density at radius 2 is 1.52 bits per heavy atom. The maximum Gasteiger partial charge on any atom is 0.264 e. The predicted octanol–water partition coefficient (Wildman–Crippen LogP) is 7.57. The lowest BCUT2D eigenvalue weighted by Crippen LogP contribution is -2.53. The molecule has 0 radical (unpaired) electrons. The fraction of sp³-hybridized carbons (Fsp3) is 0.278. The number of ether oxygens (including phenoxy) is 1. The summed E-state index contributed by atoms with van der Waals surface area (Å²) in [5.41, 5.74) is 2.12. The minimum atomic E-state index is -4.37. The normalized spacial score (nSPS) is 12.0. The molecule has 0 spiro atoms. The number of hydrogen-bond acceptors (Lipinski definition) is 5. The van der Waals surface area contributed by atoms with Crippen molar-refractivity contribution in [1.82, 2.24) is 10.2 Å². The van der Waals surface area contributed by atoms with Gasteiger partial charge in [0, 0.05) is 40.1 Å². The van der Waals surface area contributed by atoms with E-state index < -0.39 is 34.4 Å². The second kappa shape index (κ2) is 16.6. The number of sulfonamides is 1. The first-order valence-corrected chi connectivity index (χ1v) is 17.9. The zero-order valence-corrected chi connectivity index (χ0v) is 30.2. The Kier molecular flexibility index (Phi) is 12.8. The SMILES string of the molecule is COc1ccc(Cl)cc1N(CC(=O)N(Cc1c(Cl)cccc1Cl)C(Cc1ccccc1)C(=O)NCC(C)C)S(=O)(=O)c1ccc(C)cc1. The number of benzene rings is 4. The molecular weight excluding hydrogens is 693 g/mol. The quantitative estimate of drug-likeness (QED) is 0.144. The van der Waals surface area contributed by atoms with E-state index in [1.165, 1.54) is 36.3 Å². The van der Waals surface area contributed by atoms with Crippen molar-refractivity contribution in [3.8, 4) is 5.75 Å². The summed E-state index contributed by atoms with van der Waals surface area (Å²) in [6, 6.07) is 24.0. The van der Waals surface area contributed by atoms with E-state index in [9.17, 15) is 18.0 Å².